The van der Waals surface area contributed by atoms with Gasteiger partial charge in [-0.05, 0) is 48.9 Å². The predicted molar refractivity (Wildman–Crippen MR) is 128 cm³/mol. The van der Waals surface area contributed by atoms with Crippen molar-refractivity contribution >= 4 is 17.3 Å². The first-order valence-corrected chi connectivity index (χ1v) is 11.1. The van der Waals surface area contributed by atoms with Gasteiger partial charge in [0.1, 0.15) is 5.76 Å². The molecule has 0 saturated carbocycles. The van der Waals surface area contributed by atoms with Gasteiger partial charge in [0.2, 0.25) is 0 Å². The lowest BCUT2D eigenvalue weighted by Gasteiger charge is -2.36. The van der Waals surface area contributed by atoms with Crippen molar-refractivity contribution in [1.29, 1.82) is 0 Å². The first kappa shape index (κ1) is 21.7. The molecule has 5 rings (SSSR count). The van der Waals surface area contributed by atoms with E-state index in [-0.39, 0.29) is 23.4 Å². The molecule has 8 nitrogen and oxygen atoms in total. The van der Waals surface area contributed by atoms with Crippen LogP contribution in [0.5, 0.6) is 0 Å². The summed E-state index contributed by atoms with van der Waals surface area (Å²) in [5.74, 6) is 0.637. The Kier molecular flexibility index (Phi) is 5.73. The van der Waals surface area contributed by atoms with Crippen molar-refractivity contribution in [2.45, 2.75) is 26.1 Å². The maximum Gasteiger partial charge on any atom is 0.291 e. The van der Waals surface area contributed by atoms with E-state index in [4.69, 9.17) is 4.42 Å². The highest BCUT2D eigenvalue weighted by Crippen LogP contribution is 2.34. The number of nitro benzene ring substituents is 1. The fourth-order valence-electron chi connectivity index (χ4n) is 4.38. The van der Waals surface area contributed by atoms with Crippen molar-refractivity contribution in [1.82, 2.24) is 9.47 Å². The summed E-state index contributed by atoms with van der Waals surface area (Å²) >= 11 is 0. The number of anilines is 1. The summed E-state index contributed by atoms with van der Waals surface area (Å²) in [5.41, 5.74) is 3.98. The van der Waals surface area contributed by atoms with E-state index in [0.717, 1.165) is 29.9 Å². The molecule has 0 bridgehead atoms. The standard InChI is InChI=1S/C26H24N4O4/c1-18-4-8-20(9-5-18)27-26(31)24-13-12-22(34-24)17-29-16-15-28-14-2-3-23(28)25(29)19-6-10-21(11-7-19)30(32)33/h2-14,25H,15-17H2,1H3,(H,27,31). The van der Waals surface area contributed by atoms with Crippen molar-refractivity contribution in [3.05, 3.63) is 117 Å². The maximum atomic E-state index is 12.6. The Balaban J connectivity index is 1.35. The number of nitrogens with zero attached hydrogens (tertiary/aromatic N) is 3. The lowest BCUT2D eigenvalue weighted by Crippen LogP contribution is -2.37. The molecule has 4 aromatic rings. The molecule has 1 N–H and O–H groups in total. The summed E-state index contributed by atoms with van der Waals surface area (Å²) in [7, 11) is 0. The van der Waals surface area contributed by atoms with Gasteiger partial charge in [-0.3, -0.25) is 19.8 Å². The number of nitrogens with one attached hydrogen (secondary N) is 1. The van der Waals surface area contributed by atoms with E-state index in [2.05, 4.69) is 20.9 Å². The van der Waals surface area contributed by atoms with Crippen LogP contribution < -0.4 is 5.32 Å². The van der Waals surface area contributed by atoms with Gasteiger partial charge in [-0.25, -0.2) is 0 Å². The fourth-order valence-corrected chi connectivity index (χ4v) is 4.38. The molecule has 34 heavy (non-hydrogen) atoms. The number of aromatic nitrogens is 1. The Labute approximate surface area is 196 Å². The van der Waals surface area contributed by atoms with Crippen LogP contribution in [0.2, 0.25) is 0 Å². The van der Waals surface area contributed by atoms with Crippen LogP contribution >= 0.6 is 0 Å². The van der Waals surface area contributed by atoms with Gasteiger partial charge in [-0.1, -0.05) is 29.8 Å². The number of furan rings is 1. The zero-order chi connectivity index (χ0) is 23.7. The molecular formula is C26H24N4O4. The molecule has 1 aliphatic rings. The van der Waals surface area contributed by atoms with E-state index in [1.807, 2.05) is 49.5 Å². The first-order valence-electron chi connectivity index (χ1n) is 11.1. The fraction of sp³-hybridized carbons (Fsp3) is 0.192. The smallest absolute Gasteiger partial charge is 0.291 e. The normalized spacial score (nSPS) is 15.6. The molecule has 1 aliphatic heterocycles. The molecule has 0 fully saturated rings. The minimum Gasteiger partial charge on any atom is -0.455 e. The van der Waals surface area contributed by atoms with Crippen LogP contribution in [-0.2, 0) is 13.1 Å². The SMILES string of the molecule is Cc1ccc(NC(=O)c2ccc(CN3CCn4cccc4C3c3ccc([N+](=O)[O-])cc3)o2)cc1. The molecule has 2 aromatic heterocycles. The molecular weight excluding hydrogens is 432 g/mol. The highest BCUT2D eigenvalue weighted by molar-refractivity contribution is 6.02. The van der Waals surface area contributed by atoms with Gasteiger partial charge in [0.25, 0.3) is 11.6 Å². The van der Waals surface area contributed by atoms with Crippen LogP contribution in [0.15, 0.2) is 83.4 Å². The second-order valence-electron chi connectivity index (χ2n) is 8.43. The highest BCUT2D eigenvalue weighted by atomic mass is 16.6. The number of hydrogen-bond acceptors (Lipinski definition) is 5. The summed E-state index contributed by atoms with van der Waals surface area (Å²) in [6.45, 7) is 4.10. The lowest BCUT2D eigenvalue weighted by atomic mass is 9.99. The van der Waals surface area contributed by atoms with Gasteiger partial charge in [-0.2, -0.15) is 0 Å². The van der Waals surface area contributed by atoms with Crippen molar-refractivity contribution in [3.63, 3.8) is 0 Å². The molecule has 0 saturated heterocycles. The molecule has 1 unspecified atom stereocenters. The molecule has 0 aliphatic carbocycles. The van der Waals surface area contributed by atoms with Crippen molar-refractivity contribution in [3.8, 4) is 0 Å². The summed E-state index contributed by atoms with van der Waals surface area (Å²) in [4.78, 5) is 25.6. The molecule has 8 heteroatoms. The van der Waals surface area contributed by atoms with Crippen molar-refractivity contribution < 1.29 is 14.1 Å². The summed E-state index contributed by atoms with van der Waals surface area (Å²) < 4.78 is 8.10. The number of nitro groups is 1. The topological polar surface area (TPSA) is 93.5 Å². The number of carbonyl (C=O) groups excluding carboxylic acids is 1. The van der Waals surface area contributed by atoms with Gasteiger partial charge in [-0.15, -0.1) is 0 Å². The lowest BCUT2D eigenvalue weighted by molar-refractivity contribution is -0.384. The monoisotopic (exact) mass is 456 g/mol. The number of carbonyl (C=O) groups is 1. The minimum absolute atomic E-state index is 0.0664. The summed E-state index contributed by atoms with van der Waals surface area (Å²) in [6.07, 6.45) is 2.05. The van der Waals surface area contributed by atoms with Crippen LogP contribution in [0, 0.1) is 17.0 Å². The van der Waals surface area contributed by atoms with Crippen molar-refractivity contribution in [2.75, 3.05) is 11.9 Å². The quantitative estimate of drug-likeness (QED) is 0.320. The number of fused-ring (bicyclic) bond motifs is 1. The van der Waals surface area contributed by atoms with Crippen molar-refractivity contribution in [2.24, 2.45) is 0 Å². The van der Waals surface area contributed by atoms with E-state index in [9.17, 15) is 14.9 Å². The average molecular weight is 457 g/mol. The predicted octanol–water partition coefficient (Wildman–Crippen LogP) is 5.16. The number of amides is 1. The third-order valence-electron chi connectivity index (χ3n) is 6.11. The highest BCUT2D eigenvalue weighted by Gasteiger charge is 2.30. The van der Waals surface area contributed by atoms with Crippen LogP contribution in [0.25, 0.3) is 0 Å². The van der Waals surface area contributed by atoms with Gasteiger partial charge < -0.3 is 14.3 Å². The molecule has 2 aromatic carbocycles. The molecule has 0 radical (unpaired) electrons. The zero-order valence-electron chi connectivity index (χ0n) is 18.7. The van der Waals surface area contributed by atoms with Crippen LogP contribution in [-0.4, -0.2) is 26.8 Å². The van der Waals surface area contributed by atoms with Crippen LogP contribution in [0.3, 0.4) is 0 Å². The van der Waals surface area contributed by atoms with Gasteiger partial charge in [0, 0.05) is 42.8 Å². The van der Waals surface area contributed by atoms with E-state index < -0.39 is 4.92 Å². The number of benzene rings is 2. The molecule has 172 valence electrons. The maximum absolute atomic E-state index is 12.6. The van der Waals surface area contributed by atoms with Crippen LogP contribution in [0.1, 0.15) is 39.2 Å². The summed E-state index contributed by atoms with van der Waals surface area (Å²) in [5, 5.41) is 13.9. The second kappa shape index (κ2) is 8.99. The van der Waals surface area contributed by atoms with Crippen LogP contribution in [0.4, 0.5) is 11.4 Å². The Morgan fingerprint density at radius 3 is 2.56 bits per heavy atom. The zero-order valence-corrected chi connectivity index (χ0v) is 18.7. The Hall–Kier alpha value is -4.17. The second-order valence-corrected chi connectivity index (χ2v) is 8.43. The third kappa shape index (κ3) is 4.35. The molecule has 0 spiro atoms. The number of aryl methyl sites for hydroxylation is 1. The number of rotatable bonds is 6. The molecule has 1 amide bonds. The largest absolute Gasteiger partial charge is 0.455 e. The van der Waals surface area contributed by atoms with E-state index in [1.54, 1.807) is 18.2 Å². The minimum atomic E-state index is -0.392. The van der Waals surface area contributed by atoms with Gasteiger partial charge >= 0.3 is 0 Å². The number of non-ortho nitro benzene ring substituents is 1. The van der Waals surface area contributed by atoms with Gasteiger partial charge in [0.05, 0.1) is 17.5 Å². The molecule has 1 atom stereocenters. The van der Waals surface area contributed by atoms with E-state index in [0.29, 0.717) is 18.0 Å². The van der Waals surface area contributed by atoms with E-state index >= 15 is 0 Å². The Morgan fingerprint density at radius 2 is 1.82 bits per heavy atom. The Bertz CT molecular complexity index is 1320. The number of hydrogen-bond donors (Lipinski definition) is 1. The molecule has 3 heterocycles. The third-order valence-corrected chi connectivity index (χ3v) is 6.11. The average Bonchev–Trinajstić information content (AvgIpc) is 3.50. The van der Waals surface area contributed by atoms with Gasteiger partial charge in [0.15, 0.2) is 5.76 Å². The summed E-state index contributed by atoms with van der Waals surface area (Å²) in [6, 6.07) is 21.8. The Morgan fingerprint density at radius 1 is 1.06 bits per heavy atom. The van der Waals surface area contributed by atoms with E-state index in [1.165, 1.54) is 12.1 Å². The first-order chi connectivity index (χ1) is 16.5.